The number of nitrogens with zero attached hydrogens (tertiary/aromatic N) is 3. The van der Waals surface area contributed by atoms with Gasteiger partial charge in [0.1, 0.15) is 10.7 Å². The molecular weight excluding hydrogens is 310 g/mol. The Kier molecular flexibility index (Phi) is 3.51. The third-order valence-electron chi connectivity index (χ3n) is 3.51. The Balaban J connectivity index is 2.01. The molecule has 0 amide bonds. The zero-order valence-corrected chi connectivity index (χ0v) is 13.0. The fraction of sp³-hybridized carbons (Fsp3) is 0.214. The molecule has 0 bridgehead atoms. The molecule has 7 heteroatoms. The lowest BCUT2D eigenvalue weighted by atomic mass is 10.2. The molecule has 21 heavy (non-hydrogen) atoms. The highest BCUT2D eigenvalue weighted by Crippen LogP contribution is 2.28. The van der Waals surface area contributed by atoms with E-state index in [1.54, 1.807) is 24.5 Å². The van der Waals surface area contributed by atoms with Crippen LogP contribution in [-0.4, -0.2) is 22.5 Å². The van der Waals surface area contributed by atoms with Gasteiger partial charge in [0.15, 0.2) is 0 Å². The Hall–Kier alpha value is -1.79. The number of rotatable bonds is 4. The molecule has 3 aromatic rings. The third-order valence-corrected chi connectivity index (χ3v) is 4.86. The van der Waals surface area contributed by atoms with E-state index < -0.39 is 9.05 Å². The molecule has 0 N–H and O–H groups in total. The summed E-state index contributed by atoms with van der Waals surface area (Å²) < 4.78 is 27.2. The van der Waals surface area contributed by atoms with Gasteiger partial charge in [0.05, 0.1) is 0 Å². The lowest BCUT2D eigenvalue weighted by molar-refractivity contribution is 0.609. The first-order valence-corrected chi connectivity index (χ1v) is 8.76. The topological polar surface area (TPSA) is 56.9 Å². The smallest absolute Gasteiger partial charge is 0.263 e. The summed E-state index contributed by atoms with van der Waals surface area (Å²) in [5, 5.41) is 0.646. The first-order valence-electron chi connectivity index (χ1n) is 6.45. The van der Waals surface area contributed by atoms with Crippen molar-refractivity contribution in [3.63, 3.8) is 0 Å². The summed E-state index contributed by atoms with van der Waals surface area (Å²) >= 11 is 0. The van der Waals surface area contributed by atoms with Crippen LogP contribution in [0.3, 0.4) is 0 Å². The molecular formula is C14H14ClN3O2S. The highest BCUT2D eigenvalue weighted by Gasteiger charge is 2.18. The van der Waals surface area contributed by atoms with Gasteiger partial charge < -0.3 is 9.13 Å². The molecule has 3 rings (SSSR count). The molecule has 0 radical (unpaired) electrons. The number of halogens is 1. The van der Waals surface area contributed by atoms with Crippen LogP contribution in [0.25, 0.3) is 10.9 Å². The van der Waals surface area contributed by atoms with Gasteiger partial charge in [-0.25, -0.2) is 13.4 Å². The minimum atomic E-state index is -3.76. The maximum absolute atomic E-state index is 11.7. The Morgan fingerprint density at radius 3 is 2.71 bits per heavy atom. The summed E-state index contributed by atoms with van der Waals surface area (Å²) in [6, 6.07) is 7.34. The van der Waals surface area contributed by atoms with E-state index in [1.165, 1.54) is 0 Å². The maximum atomic E-state index is 11.7. The van der Waals surface area contributed by atoms with Crippen molar-refractivity contribution < 1.29 is 8.42 Å². The zero-order chi connectivity index (χ0) is 15.0. The molecule has 2 heterocycles. The molecule has 0 spiro atoms. The van der Waals surface area contributed by atoms with Crippen LogP contribution in [0.15, 0.2) is 47.8 Å². The average Bonchev–Trinajstić information content (AvgIpc) is 3.00. The van der Waals surface area contributed by atoms with Crippen molar-refractivity contribution in [1.29, 1.82) is 0 Å². The molecule has 0 saturated carbocycles. The number of para-hydroxylation sites is 1. The van der Waals surface area contributed by atoms with Crippen molar-refractivity contribution in [3.8, 4) is 0 Å². The van der Waals surface area contributed by atoms with Crippen molar-refractivity contribution in [3.05, 3.63) is 48.7 Å². The highest BCUT2D eigenvalue weighted by molar-refractivity contribution is 8.14. The van der Waals surface area contributed by atoms with Crippen molar-refractivity contribution in [2.24, 2.45) is 7.05 Å². The van der Waals surface area contributed by atoms with Crippen molar-refractivity contribution in [2.75, 3.05) is 0 Å². The normalized spacial score (nSPS) is 12.1. The van der Waals surface area contributed by atoms with E-state index in [0.29, 0.717) is 18.4 Å². The number of hydrogen-bond donors (Lipinski definition) is 0. The SMILES string of the molecule is Cn1ccnc1CCn1cc(S(=O)(=O)Cl)c2ccccc21. The van der Waals surface area contributed by atoms with Gasteiger partial charge in [0.25, 0.3) is 9.05 Å². The zero-order valence-electron chi connectivity index (χ0n) is 11.4. The molecule has 0 unspecified atom stereocenters. The second-order valence-electron chi connectivity index (χ2n) is 4.85. The van der Waals surface area contributed by atoms with Gasteiger partial charge in [-0.15, -0.1) is 0 Å². The van der Waals surface area contributed by atoms with E-state index in [9.17, 15) is 8.42 Å². The van der Waals surface area contributed by atoms with Crippen LogP contribution in [0.5, 0.6) is 0 Å². The number of fused-ring (bicyclic) bond motifs is 1. The van der Waals surface area contributed by atoms with Gasteiger partial charge in [0, 0.05) is 60.2 Å². The van der Waals surface area contributed by atoms with E-state index in [4.69, 9.17) is 10.7 Å². The average molecular weight is 324 g/mol. The Morgan fingerprint density at radius 2 is 2.05 bits per heavy atom. The Bertz CT molecular complexity index is 896. The molecule has 0 fully saturated rings. The van der Waals surface area contributed by atoms with Crippen LogP contribution in [0, 0.1) is 0 Å². The summed E-state index contributed by atoms with van der Waals surface area (Å²) in [5.74, 6) is 0.947. The van der Waals surface area contributed by atoms with Crippen LogP contribution in [0.1, 0.15) is 5.82 Å². The van der Waals surface area contributed by atoms with Gasteiger partial charge in [0.2, 0.25) is 0 Å². The summed E-state index contributed by atoms with van der Waals surface area (Å²) in [4.78, 5) is 4.42. The molecule has 0 aliphatic heterocycles. The van der Waals surface area contributed by atoms with E-state index in [2.05, 4.69) is 4.98 Å². The second-order valence-corrected chi connectivity index (χ2v) is 7.38. The third kappa shape index (κ3) is 2.69. The van der Waals surface area contributed by atoms with Crippen molar-refractivity contribution >= 4 is 30.6 Å². The van der Waals surface area contributed by atoms with Gasteiger partial charge in [-0.3, -0.25) is 0 Å². The molecule has 0 saturated heterocycles. The highest BCUT2D eigenvalue weighted by atomic mass is 35.7. The first-order chi connectivity index (χ1) is 9.97. The second kappa shape index (κ2) is 5.20. The van der Waals surface area contributed by atoms with E-state index >= 15 is 0 Å². The lowest BCUT2D eigenvalue weighted by Gasteiger charge is -2.05. The first kappa shape index (κ1) is 14.2. The number of aromatic nitrogens is 3. The fourth-order valence-electron chi connectivity index (χ4n) is 2.45. The molecule has 0 aliphatic rings. The lowest BCUT2D eigenvalue weighted by Crippen LogP contribution is -2.04. The Labute approximate surface area is 127 Å². The monoisotopic (exact) mass is 323 g/mol. The van der Waals surface area contributed by atoms with Gasteiger partial charge >= 0.3 is 0 Å². The van der Waals surface area contributed by atoms with Gasteiger partial charge in [-0.05, 0) is 6.07 Å². The summed E-state index contributed by atoms with van der Waals surface area (Å²) in [6.07, 6.45) is 5.94. The number of benzene rings is 1. The predicted molar refractivity (Wildman–Crippen MR) is 81.9 cm³/mol. The number of hydrogen-bond acceptors (Lipinski definition) is 3. The summed E-state index contributed by atoms with van der Waals surface area (Å²) in [7, 11) is 3.70. The number of aryl methyl sites for hydroxylation is 3. The van der Waals surface area contributed by atoms with Gasteiger partial charge in [-0.1, -0.05) is 18.2 Å². The van der Waals surface area contributed by atoms with Crippen LogP contribution in [0.2, 0.25) is 0 Å². The standard InChI is InChI=1S/C14H14ClN3O2S/c1-17-9-7-16-14(17)6-8-18-10-13(21(15,19)20)11-4-2-3-5-12(11)18/h2-5,7,9-10H,6,8H2,1H3. The minimum absolute atomic E-state index is 0.152. The van der Waals surface area contributed by atoms with Crippen LogP contribution in [0.4, 0.5) is 0 Å². The van der Waals surface area contributed by atoms with E-state index in [-0.39, 0.29) is 4.90 Å². The predicted octanol–water partition coefficient (Wildman–Crippen LogP) is 2.55. The maximum Gasteiger partial charge on any atom is 0.263 e. The van der Waals surface area contributed by atoms with Gasteiger partial charge in [-0.2, -0.15) is 0 Å². The van der Waals surface area contributed by atoms with Crippen LogP contribution >= 0.6 is 10.7 Å². The summed E-state index contributed by atoms with van der Waals surface area (Å²) in [6.45, 7) is 0.637. The fourth-order valence-corrected chi connectivity index (χ4v) is 3.51. The molecule has 5 nitrogen and oxygen atoms in total. The van der Waals surface area contributed by atoms with E-state index in [0.717, 1.165) is 11.3 Å². The van der Waals surface area contributed by atoms with E-state index in [1.807, 2.05) is 34.5 Å². The van der Waals surface area contributed by atoms with Crippen molar-refractivity contribution in [2.45, 2.75) is 17.9 Å². The Morgan fingerprint density at radius 1 is 1.29 bits per heavy atom. The molecule has 0 atom stereocenters. The molecule has 1 aromatic carbocycles. The summed E-state index contributed by atoms with van der Waals surface area (Å²) in [5.41, 5.74) is 0.853. The van der Waals surface area contributed by atoms with Crippen LogP contribution < -0.4 is 0 Å². The molecule has 110 valence electrons. The molecule has 2 aromatic heterocycles. The number of imidazole rings is 1. The minimum Gasteiger partial charge on any atom is -0.346 e. The molecule has 0 aliphatic carbocycles. The van der Waals surface area contributed by atoms with Crippen molar-refractivity contribution in [1.82, 2.24) is 14.1 Å². The quantitative estimate of drug-likeness (QED) is 0.693. The largest absolute Gasteiger partial charge is 0.346 e. The van der Waals surface area contributed by atoms with Crippen LogP contribution in [-0.2, 0) is 29.1 Å².